The number of para-hydroxylation sites is 1. The van der Waals surface area contributed by atoms with E-state index >= 15 is 0 Å². The van der Waals surface area contributed by atoms with Gasteiger partial charge in [0.2, 0.25) is 0 Å². The molecule has 3 aromatic rings. The lowest BCUT2D eigenvalue weighted by atomic mass is 10.1. The molecule has 0 bridgehead atoms. The second-order valence-electron chi connectivity index (χ2n) is 11.0. The summed E-state index contributed by atoms with van der Waals surface area (Å²) in [5.74, 6) is -0.0731. The van der Waals surface area contributed by atoms with Gasteiger partial charge in [-0.1, -0.05) is 86.5 Å². The van der Waals surface area contributed by atoms with Crippen molar-refractivity contribution in [3.05, 3.63) is 103 Å². The zero-order valence-electron chi connectivity index (χ0n) is 25.5. The number of nitrogens with zero attached hydrogens (tertiary/aromatic N) is 2. The molecule has 0 aliphatic heterocycles. The third-order valence-corrected chi connectivity index (χ3v) is 7.97. The van der Waals surface area contributed by atoms with Gasteiger partial charge in [0, 0.05) is 37.1 Å². The Morgan fingerprint density at radius 3 is 2.21 bits per heavy atom. The molecule has 1 heterocycles. The summed E-state index contributed by atoms with van der Waals surface area (Å²) >= 11 is 0. The molecule has 0 saturated heterocycles. The van der Waals surface area contributed by atoms with Crippen LogP contribution < -0.4 is 10.6 Å². The Hall–Kier alpha value is -3.78. The number of rotatable bonds is 14. The Morgan fingerprint density at radius 1 is 1.02 bits per heavy atom. The van der Waals surface area contributed by atoms with Crippen LogP contribution in [0.4, 0.5) is 10.5 Å². The Labute approximate surface area is 252 Å². The largest absolute Gasteiger partial charge is 0.444 e. The number of anilines is 1. The molecule has 0 spiro atoms. The average Bonchev–Trinajstić information content (AvgIpc) is 3.35. The second kappa shape index (κ2) is 17.2. The first-order chi connectivity index (χ1) is 20.0. The third-order valence-electron chi connectivity index (χ3n) is 6.24. The molecule has 42 heavy (non-hydrogen) atoms. The zero-order valence-corrected chi connectivity index (χ0v) is 26.4. The molecule has 0 radical (unpaired) electrons. The fourth-order valence-electron chi connectivity index (χ4n) is 4.39. The summed E-state index contributed by atoms with van der Waals surface area (Å²) in [5.41, 5.74) is 7.37. The number of amides is 1. The second-order valence-corrected chi connectivity index (χ2v) is 12.9. The lowest BCUT2D eigenvalue weighted by Gasteiger charge is -2.23. The van der Waals surface area contributed by atoms with Gasteiger partial charge in [-0.2, -0.15) is 0 Å². The number of benzene rings is 2. The molecule has 2 N–H and O–H groups in total. The minimum atomic E-state index is -3.47. The van der Waals surface area contributed by atoms with Gasteiger partial charge in [0.25, 0.3) is 0 Å². The summed E-state index contributed by atoms with van der Waals surface area (Å²) < 4.78 is 32.6. The molecule has 3 rings (SSSR count). The van der Waals surface area contributed by atoms with Gasteiger partial charge in [-0.05, 0) is 57.4 Å². The number of sulfone groups is 1. The molecule has 0 saturated carbocycles. The minimum absolute atomic E-state index is 0.0731. The van der Waals surface area contributed by atoms with Crippen LogP contribution >= 0.6 is 0 Å². The Kier molecular flexibility index (Phi) is 14.1. The van der Waals surface area contributed by atoms with Crippen molar-refractivity contribution in [2.45, 2.75) is 70.6 Å². The van der Waals surface area contributed by atoms with Gasteiger partial charge >= 0.3 is 6.09 Å². The van der Waals surface area contributed by atoms with Crippen molar-refractivity contribution in [1.29, 1.82) is 0 Å². The van der Waals surface area contributed by atoms with Crippen molar-refractivity contribution in [3.8, 4) is 0 Å². The summed E-state index contributed by atoms with van der Waals surface area (Å²) in [7, 11) is -3.47. The normalized spacial score (nSPS) is 11.5. The number of carbonyl (C=O) groups excluding carboxylic acids is 1. The predicted octanol–water partition coefficient (Wildman–Crippen LogP) is 7.28. The maximum absolute atomic E-state index is 13.1. The molecule has 2 aromatic carbocycles. The molecule has 1 amide bonds. The van der Waals surface area contributed by atoms with Crippen LogP contribution in [0.3, 0.4) is 0 Å². The maximum Gasteiger partial charge on any atom is 0.405 e. The maximum atomic E-state index is 13.1. The standard InChI is InChI=1S/C29H36N2O2S.C5H11NO2/c1-3-5-12-21-30(28-17-10-7-11-18-28)22-13-16-27-20-24-31(29(27)34(32,33)25-4-2)23-19-26-14-8-6-9-15-26;1-5(2,3)8-4(6)7/h4,6-11,13-18,20,24H,2-3,5,12,19,21-23,25H2,1H3;1-3H3,(H2,6,7). The molecule has 0 atom stereocenters. The monoisotopic (exact) mass is 593 g/mol. The van der Waals surface area contributed by atoms with Crippen LogP contribution in [-0.2, 0) is 27.5 Å². The van der Waals surface area contributed by atoms with E-state index in [9.17, 15) is 13.2 Å². The number of primary amides is 1. The van der Waals surface area contributed by atoms with E-state index in [2.05, 4.69) is 65.6 Å². The zero-order chi connectivity index (χ0) is 31.0. The topological polar surface area (TPSA) is 94.6 Å². The molecule has 228 valence electrons. The van der Waals surface area contributed by atoms with E-state index in [1.807, 2.05) is 47.2 Å². The van der Waals surface area contributed by atoms with Crippen LogP contribution in [0.5, 0.6) is 0 Å². The number of hydrogen-bond acceptors (Lipinski definition) is 5. The number of carbonyl (C=O) groups is 1. The van der Waals surface area contributed by atoms with Crippen molar-refractivity contribution in [3.63, 3.8) is 0 Å². The molecule has 0 unspecified atom stereocenters. The van der Waals surface area contributed by atoms with E-state index in [0.717, 1.165) is 31.5 Å². The van der Waals surface area contributed by atoms with E-state index in [0.29, 0.717) is 11.6 Å². The quantitative estimate of drug-likeness (QED) is 0.157. The third kappa shape index (κ3) is 12.4. The van der Waals surface area contributed by atoms with Crippen LogP contribution in [-0.4, -0.2) is 43.5 Å². The highest BCUT2D eigenvalue weighted by atomic mass is 32.2. The van der Waals surface area contributed by atoms with Crippen molar-refractivity contribution in [1.82, 2.24) is 4.57 Å². The van der Waals surface area contributed by atoms with Crippen molar-refractivity contribution >= 4 is 27.7 Å². The number of ether oxygens (including phenoxy) is 1. The summed E-state index contributed by atoms with van der Waals surface area (Å²) in [5, 5.41) is 0.372. The highest BCUT2D eigenvalue weighted by Gasteiger charge is 2.21. The van der Waals surface area contributed by atoms with Crippen LogP contribution in [0.1, 0.15) is 58.1 Å². The highest BCUT2D eigenvalue weighted by Crippen LogP contribution is 2.22. The summed E-state index contributed by atoms with van der Waals surface area (Å²) in [4.78, 5) is 12.4. The van der Waals surface area contributed by atoms with Gasteiger partial charge < -0.3 is 19.9 Å². The first kappa shape index (κ1) is 34.4. The summed E-state index contributed by atoms with van der Waals surface area (Å²) in [6.45, 7) is 13.5. The number of hydrogen-bond donors (Lipinski definition) is 1. The first-order valence-corrected chi connectivity index (χ1v) is 16.1. The van der Waals surface area contributed by atoms with Crippen LogP contribution in [0.2, 0.25) is 0 Å². The molecule has 0 fully saturated rings. The van der Waals surface area contributed by atoms with E-state index in [1.165, 1.54) is 30.2 Å². The predicted molar refractivity (Wildman–Crippen MR) is 174 cm³/mol. The molecular formula is C34H47N3O4S. The SMILES string of the molecule is C=CCS(=O)(=O)c1c(C=CCN(CCCCC)c2ccccc2)ccn1CCc1ccccc1.CC(C)(C)OC(N)=O. The smallest absolute Gasteiger partial charge is 0.405 e. The molecular weight excluding hydrogens is 546 g/mol. The van der Waals surface area contributed by atoms with Crippen LogP contribution in [0.15, 0.2) is 96.7 Å². The molecule has 7 nitrogen and oxygen atoms in total. The van der Waals surface area contributed by atoms with E-state index in [-0.39, 0.29) is 5.75 Å². The lowest BCUT2D eigenvalue weighted by molar-refractivity contribution is 0.0600. The lowest BCUT2D eigenvalue weighted by Crippen LogP contribution is -2.27. The van der Waals surface area contributed by atoms with Gasteiger partial charge in [0.05, 0.1) is 5.75 Å². The van der Waals surface area contributed by atoms with Gasteiger partial charge in [-0.25, -0.2) is 13.2 Å². The highest BCUT2D eigenvalue weighted by molar-refractivity contribution is 7.91. The molecule has 0 aliphatic rings. The average molecular weight is 594 g/mol. The Balaban J connectivity index is 0.000000675. The van der Waals surface area contributed by atoms with E-state index < -0.39 is 21.5 Å². The van der Waals surface area contributed by atoms with Gasteiger partial charge in [-0.3, -0.25) is 0 Å². The molecule has 0 aliphatic carbocycles. The van der Waals surface area contributed by atoms with Gasteiger partial charge in [0.1, 0.15) is 10.6 Å². The fraction of sp³-hybridized carbons (Fsp3) is 0.382. The summed E-state index contributed by atoms with van der Waals surface area (Å²) in [6.07, 6.45) is 10.9. The van der Waals surface area contributed by atoms with Crippen molar-refractivity contribution in [2.24, 2.45) is 5.73 Å². The number of aryl methyl sites for hydroxylation is 2. The van der Waals surface area contributed by atoms with Crippen molar-refractivity contribution < 1.29 is 17.9 Å². The minimum Gasteiger partial charge on any atom is -0.444 e. The molecule has 1 aromatic heterocycles. The summed E-state index contributed by atoms with van der Waals surface area (Å²) in [6, 6.07) is 22.4. The van der Waals surface area contributed by atoms with E-state index in [1.54, 1.807) is 20.8 Å². The fourth-order valence-corrected chi connectivity index (χ4v) is 5.86. The van der Waals surface area contributed by atoms with Crippen molar-refractivity contribution in [2.75, 3.05) is 23.7 Å². The number of aromatic nitrogens is 1. The van der Waals surface area contributed by atoms with Crippen LogP contribution in [0, 0.1) is 0 Å². The number of unbranched alkanes of at least 4 members (excludes halogenated alkanes) is 2. The van der Waals surface area contributed by atoms with Crippen LogP contribution in [0.25, 0.3) is 6.08 Å². The Bertz CT molecular complexity index is 1360. The number of nitrogens with two attached hydrogens (primary N) is 1. The first-order valence-electron chi connectivity index (χ1n) is 14.5. The van der Waals surface area contributed by atoms with Gasteiger partial charge in [-0.15, -0.1) is 6.58 Å². The molecule has 8 heteroatoms. The van der Waals surface area contributed by atoms with Gasteiger partial charge in [0.15, 0.2) is 9.84 Å². The van der Waals surface area contributed by atoms with E-state index in [4.69, 9.17) is 5.73 Å². The Morgan fingerprint density at radius 2 is 1.67 bits per heavy atom.